The van der Waals surface area contributed by atoms with Crippen molar-refractivity contribution in [1.29, 1.82) is 5.26 Å². The van der Waals surface area contributed by atoms with Crippen LogP contribution < -0.4 is 10.2 Å². The molecule has 0 aliphatic carbocycles. The summed E-state index contributed by atoms with van der Waals surface area (Å²) in [7, 11) is 0. The molecule has 1 aliphatic rings. The van der Waals surface area contributed by atoms with Gasteiger partial charge in [-0.2, -0.15) is 18.4 Å². The highest BCUT2D eigenvalue weighted by atomic mass is 35.5. The highest BCUT2D eigenvalue weighted by Gasteiger charge is 2.41. The number of nitrogens with one attached hydrogen (secondary N) is 1. The summed E-state index contributed by atoms with van der Waals surface area (Å²) in [5.74, 6) is -0.734. The Morgan fingerprint density at radius 3 is 2.56 bits per heavy atom. The third-order valence-corrected chi connectivity index (χ3v) is 6.93. The molecule has 0 radical (unpaired) electrons. The fraction of sp³-hybridized carbons (Fsp3) is 0.160. The molecule has 3 aromatic rings. The van der Waals surface area contributed by atoms with Crippen molar-refractivity contribution < 1.29 is 27.2 Å². The smallest absolute Gasteiger partial charge is 0.416 e. The van der Waals surface area contributed by atoms with Gasteiger partial charge in [0.05, 0.1) is 23.6 Å². The molecule has 11 heteroatoms. The molecule has 36 heavy (non-hydrogen) atoms. The number of hydrogen-bond donors (Lipinski definition) is 1. The molecule has 0 unspecified atom stereocenters. The highest BCUT2D eigenvalue weighted by molar-refractivity contribution is 8.05. The average molecular weight is 532 g/mol. The molecule has 0 spiro atoms. The number of anilines is 1. The lowest BCUT2D eigenvalue weighted by Gasteiger charge is -2.18. The number of hydrogen-bond acceptors (Lipinski definition) is 5. The van der Waals surface area contributed by atoms with Gasteiger partial charge in [0.2, 0.25) is 5.91 Å². The molecular weight excluding hydrogens is 515 g/mol. The summed E-state index contributed by atoms with van der Waals surface area (Å²) in [4.78, 5) is 27.6. The second-order valence-electron chi connectivity index (χ2n) is 7.68. The van der Waals surface area contributed by atoms with Crippen molar-refractivity contribution in [2.75, 3.05) is 4.90 Å². The predicted molar refractivity (Wildman–Crippen MR) is 129 cm³/mol. The second-order valence-corrected chi connectivity index (χ2v) is 9.28. The fourth-order valence-electron chi connectivity index (χ4n) is 3.58. The molecule has 2 aromatic carbocycles. The van der Waals surface area contributed by atoms with Crippen LogP contribution >= 0.6 is 23.4 Å². The highest BCUT2D eigenvalue weighted by Crippen LogP contribution is 2.43. The van der Waals surface area contributed by atoms with E-state index in [0.29, 0.717) is 11.4 Å². The minimum atomic E-state index is -4.58. The first kappa shape index (κ1) is 25.4. The first-order valence-electron chi connectivity index (χ1n) is 10.5. The third kappa shape index (κ3) is 5.42. The van der Waals surface area contributed by atoms with Crippen molar-refractivity contribution in [2.24, 2.45) is 0 Å². The Morgan fingerprint density at radius 1 is 1.17 bits per heavy atom. The van der Waals surface area contributed by atoms with E-state index in [1.807, 2.05) is 6.07 Å². The molecule has 2 amide bonds. The molecule has 1 atom stereocenters. The molecule has 6 nitrogen and oxygen atoms in total. The summed E-state index contributed by atoms with van der Waals surface area (Å²) >= 11 is 7.09. The molecular formula is C25H17ClF3N3O3S. The zero-order valence-corrected chi connectivity index (χ0v) is 20.0. The van der Waals surface area contributed by atoms with Gasteiger partial charge in [-0.3, -0.25) is 14.5 Å². The number of nitrogens with zero attached hydrogens (tertiary/aromatic N) is 2. The maximum absolute atomic E-state index is 13.5. The molecule has 2 heterocycles. The van der Waals surface area contributed by atoms with Gasteiger partial charge < -0.3 is 9.73 Å². The molecule has 0 bridgehead atoms. The van der Waals surface area contributed by atoms with Gasteiger partial charge >= 0.3 is 6.18 Å². The topological polar surface area (TPSA) is 86.3 Å². The van der Waals surface area contributed by atoms with Gasteiger partial charge in [-0.25, -0.2) is 0 Å². The van der Waals surface area contributed by atoms with Crippen LogP contribution in [0.2, 0.25) is 5.02 Å². The van der Waals surface area contributed by atoms with E-state index in [1.165, 1.54) is 11.2 Å². The summed E-state index contributed by atoms with van der Waals surface area (Å²) in [5, 5.41) is 11.7. The number of alkyl halides is 3. The largest absolute Gasteiger partial charge is 0.467 e. The Bertz CT molecular complexity index is 1350. The van der Waals surface area contributed by atoms with Crippen molar-refractivity contribution in [1.82, 2.24) is 5.32 Å². The standard InChI is InChI=1S/C25H17ClF3N3O3S/c26-20-9-8-16(25(27,28)29)11-15(20)12-21-23(34)32(17-5-2-1-3-6-17)24(36-21)19(13-30)22(33)31-14-18-7-4-10-35-18/h1-11,21H,12,14H2,(H,31,33)/b24-19-/t21-/m1/s1. The predicted octanol–water partition coefficient (Wildman–Crippen LogP) is 5.69. The number of benzene rings is 2. The lowest BCUT2D eigenvalue weighted by atomic mass is 10.0. The Hall–Kier alpha value is -3.68. The van der Waals surface area contributed by atoms with Crippen LogP contribution in [-0.2, 0) is 28.7 Å². The maximum Gasteiger partial charge on any atom is 0.416 e. The van der Waals surface area contributed by atoms with Gasteiger partial charge in [0.15, 0.2) is 0 Å². The molecule has 1 aromatic heterocycles. The van der Waals surface area contributed by atoms with E-state index in [0.717, 1.165) is 30.0 Å². The van der Waals surface area contributed by atoms with Gasteiger partial charge in [-0.1, -0.05) is 41.6 Å². The average Bonchev–Trinajstić information content (AvgIpc) is 3.48. The van der Waals surface area contributed by atoms with E-state index < -0.39 is 28.8 Å². The SMILES string of the molecule is N#C/C(C(=O)NCc1ccco1)=C1/S[C@H](Cc2cc(C(F)(F)F)ccc2Cl)C(=O)N1c1ccccc1. The fourth-order valence-corrected chi connectivity index (χ4v) is 5.07. The van der Waals surface area contributed by atoms with E-state index in [1.54, 1.807) is 42.5 Å². The van der Waals surface area contributed by atoms with Crippen LogP contribution in [-0.4, -0.2) is 17.1 Å². The number of furan rings is 1. The van der Waals surface area contributed by atoms with Gasteiger partial charge in [0, 0.05) is 10.7 Å². The second kappa shape index (κ2) is 10.5. The zero-order valence-electron chi connectivity index (χ0n) is 18.4. The summed E-state index contributed by atoms with van der Waals surface area (Å²) in [6.45, 7) is 0.0253. The van der Waals surface area contributed by atoms with Crippen LogP contribution in [0.3, 0.4) is 0 Å². The van der Waals surface area contributed by atoms with Crippen LogP contribution in [0.5, 0.6) is 0 Å². The molecule has 1 aliphatic heterocycles. The van der Waals surface area contributed by atoms with E-state index >= 15 is 0 Å². The number of thioether (sulfide) groups is 1. The number of para-hydroxylation sites is 1. The Morgan fingerprint density at radius 2 is 1.92 bits per heavy atom. The molecule has 184 valence electrons. The number of carbonyl (C=O) groups excluding carboxylic acids is 2. The Kier molecular flexibility index (Phi) is 7.43. The molecule has 4 rings (SSSR count). The van der Waals surface area contributed by atoms with Gasteiger partial charge in [-0.05, 0) is 54.4 Å². The maximum atomic E-state index is 13.5. The number of halogens is 4. The normalized spacial score (nSPS) is 17.1. The molecule has 1 fully saturated rings. The first-order chi connectivity index (χ1) is 17.2. The van der Waals surface area contributed by atoms with Crippen LogP contribution in [0.4, 0.5) is 18.9 Å². The Labute approximate surface area is 213 Å². The molecule has 0 saturated carbocycles. The molecule has 1 saturated heterocycles. The summed E-state index contributed by atoms with van der Waals surface area (Å²) < 4.78 is 44.9. The number of nitriles is 1. The lowest BCUT2D eigenvalue weighted by molar-refractivity contribution is -0.137. The van der Waals surface area contributed by atoms with Crippen molar-refractivity contribution in [2.45, 2.75) is 24.4 Å². The summed E-state index contributed by atoms with van der Waals surface area (Å²) in [5.41, 5.74) is -0.647. The first-order valence-corrected chi connectivity index (χ1v) is 11.8. The minimum absolute atomic E-state index is 0.0253. The summed E-state index contributed by atoms with van der Waals surface area (Å²) in [6.07, 6.45) is -3.27. The summed E-state index contributed by atoms with van der Waals surface area (Å²) in [6, 6.07) is 16.5. The van der Waals surface area contributed by atoms with Crippen molar-refractivity contribution >= 4 is 40.9 Å². The van der Waals surface area contributed by atoms with E-state index in [-0.39, 0.29) is 34.2 Å². The quantitative estimate of drug-likeness (QED) is 0.326. The van der Waals surface area contributed by atoms with Crippen LogP contribution in [0.15, 0.2) is 81.9 Å². The molecule has 1 N–H and O–H groups in total. The van der Waals surface area contributed by atoms with E-state index in [2.05, 4.69) is 5.32 Å². The van der Waals surface area contributed by atoms with Crippen molar-refractivity contribution in [3.63, 3.8) is 0 Å². The number of amides is 2. The van der Waals surface area contributed by atoms with E-state index in [9.17, 15) is 28.0 Å². The van der Waals surface area contributed by atoms with Gasteiger partial charge in [-0.15, -0.1) is 0 Å². The third-order valence-electron chi connectivity index (χ3n) is 5.30. The number of carbonyl (C=O) groups is 2. The zero-order chi connectivity index (χ0) is 25.9. The van der Waals surface area contributed by atoms with Crippen molar-refractivity contribution in [3.8, 4) is 6.07 Å². The minimum Gasteiger partial charge on any atom is -0.467 e. The monoisotopic (exact) mass is 531 g/mol. The van der Waals surface area contributed by atoms with Crippen LogP contribution in [0, 0.1) is 11.3 Å². The van der Waals surface area contributed by atoms with Crippen molar-refractivity contribution in [3.05, 3.63) is 99.4 Å². The number of rotatable bonds is 6. The van der Waals surface area contributed by atoms with Gasteiger partial charge in [0.1, 0.15) is 22.4 Å². The van der Waals surface area contributed by atoms with Crippen LogP contribution in [0.1, 0.15) is 16.9 Å². The lowest BCUT2D eigenvalue weighted by Crippen LogP contribution is -2.32. The Balaban J connectivity index is 1.69. The van der Waals surface area contributed by atoms with Gasteiger partial charge in [0.25, 0.3) is 5.91 Å². The van der Waals surface area contributed by atoms with Crippen LogP contribution in [0.25, 0.3) is 0 Å². The van der Waals surface area contributed by atoms with E-state index in [4.69, 9.17) is 16.0 Å².